The Morgan fingerprint density at radius 1 is 1.03 bits per heavy atom. The molecule has 1 fully saturated rings. The van der Waals surface area contributed by atoms with E-state index in [0.717, 1.165) is 5.56 Å². The second kappa shape index (κ2) is 10.8. The summed E-state index contributed by atoms with van der Waals surface area (Å²) in [4.78, 5) is 51.9. The summed E-state index contributed by atoms with van der Waals surface area (Å²) in [5.41, 5.74) is 0.983. The highest BCUT2D eigenvalue weighted by Gasteiger charge is 2.33. The number of ether oxygens (including phenoxy) is 1. The van der Waals surface area contributed by atoms with Gasteiger partial charge >= 0.3 is 12.1 Å². The number of phenols is 1. The van der Waals surface area contributed by atoms with Crippen LogP contribution in [0.25, 0.3) is 0 Å². The summed E-state index contributed by atoms with van der Waals surface area (Å²) in [5, 5.41) is 21.3. The normalized spacial score (nSPS) is 13.9. The predicted octanol–water partition coefficient (Wildman–Crippen LogP) is 4.10. The zero-order valence-electron chi connectivity index (χ0n) is 19.6. The molecule has 0 bridgehead atoms. The number of carbonyl (C=O) groups excluding carboxylic acids is 4. The molecule has 2 N–H and O–H groups in total. The Labute approximate surface area is 201 Å². The number of imide groups is 1. The van der Waals surface area contributed by atoms with E-state index >= 15 is 0 Å². The molecule has 2 aromatic carbocycles. The number of alkyl carbamates (subject to hydrolysis) is 1. The van der Waals surface area contributed by atoms with Crippen LogP contribution in [-0.4, -0.2) is 46.2 Å². The van der Waals surface area contributed by atoms with E-state index in [1.165, 1.54) is 30.3 Å². The number of azo groups is 1. The van der Waals surface area contributed by atoms with Gasteiger partial charge in [0.15, 0.2) is 0 Å². The van der Waals surface area contributed by atoms with Crippen LogP contribution >= 0.6 is 0 Å². The van der Waals surface area contributed by atoms with Crippen molar-refractivity contribution in [2.24, 2.45) is 10.2 Å². The van der Waals surface area contributed by atoms with Crippen molar-refractivity contribution in [3.05, 3.63) is 53.6 Å². The SMILES string of the molecule is CC(C)(C)OC(=O)NCCc1ccc(O)c(/N=N/c2ccc(C(=O)ON3C(=O)CCC3=O)cc2)c1. The van der Waals surface area contributed by atoms with Crippen LogP contribution in [0, 0.1) is 0 Å². The van der Waals surface area contributed by atoms with Gasteiger partial charge < -0.3 is 20.0 Å². The minimum absolute atomic E-state index is 0.0136. The van der Waals surface area contributed by atoms with Crippen molar-refractivity contribution >= 4 is 35.3 Å². The number of hydrogen-bond acceptors (Lipinski definition) is 9. The van der Waals surface area contributed by atoms with Crippen molar-refractivity contribution in [1.29, 1.82) is 0 Å². The highest BCUT2D eigenvalue weighted by atomic mass is 16.7. The van der Waals surface area contributed by atoms with E-state index in [1.54, 1.807) is 32.9 Å². The van der Waals surface area contributed by atoms with Crippen LogP contribution in [0.3, 0.4) is 0 Å². The van der Waals surface area contributed by atoms with Gasteiger partial charge in [-0.1, -0.05) is 6.07 Å². The first kappa shape index (κ1) is 25.3. The summed E-state index contributed by atoms with van der Waals surface area (Å²) in [5.74, 6) is -2.03. The number of nitrogens with zero attached hydrogens (tertiary/aromatic N) is 3. The van der Waals surface area contributed by atoms with Gasteiger partial charge in [0.2, 0.25) is 0 Å². The number of hydroxylamine groups is 2. The topological polar surface area (TPSA) is 147 Å². The Bertz CT molecular complexity index is 1140. The monoisotopic (exact) mass is 482 g/mol. The Hall–Kier alpha value is -4.28. The van der Waals surface area contributed by atoms with Gasteiger partial charge in [0.25, 0.3) is 11.8 Å². The molecular weight excluding hydrogens is 456 g/mol. The molecule has 11 nitrogen and oxygen atoms in total. The molecule has 0 unspecified atom stereocenters. The number of amides is 3. The second-order valence-electron chi connectivity index (χ2n) is 8.71. The first-order chi connectivity index (χ1) is 16.5. The van der Waals surface area contributed by atoms with Crippen molar-refractivity contribution in [1.82, 2.24) is 10.4 Å². The highest BCUT2D eigenvalue weighted by Crippen LogP contribution is 2.29. The maximum absolute atomic E-state index is 12.2. The van der Waals surface area contributed by atoms with Crippen molar-refractivity contribution in [2.75, 3.05) is 6.54 Å². The van der Waals surface area contributed by atoms with Crippen molar-refractivity contribution in [3.63, 3.8) is 0 Å². The molecule has 184 valence electrons. The molecule has 35 heavy (non-hydrogen) atoms. The van der Waals surface area contributed by atoms with Gasteiger partial charge in [-0.2, -0.15) is 5.11 Å². The minimum Gasteiger partial charge on any atom is -0.506 e. The van der Waals surface area contributed by atoms with E-state index in [-0.39, 0.29) is 29.8 Å². The van der Waals surface area contributed by atoms with E-state index in [0.29, 0.717) is 23.7 Å². The van der Waals surface area contributed by atoms with Crippen LogP contribution in [-0.2, 0) is 25.6 Å². The number of carbonyl (C=O) groups is 4. The summed E-state index contributed by atoms with van der Waals surface area (Å²) in [6.07, 6.45) is 0.00233. The average molecular weight is 482 g/mol. The fourth-order valence-corrected chi connectivity index (χ4v) is 3.00. The Balaban J connectivity index is 1.58. The molecule has 0 aliphatic carbocycles. The number of nitrogens with one attached hydrogen (secondary N) is 1. The molecule has 3 rings (SSSR count). The molecule has 1 aliphatic rings. The number of phenolic OH excluding ortho intramolecular Hbond substituents is 1. The maximum Gasteiger partial charge on any atom is 0.407 e. The summed E-state index contributed by atoms with van der Waals surface area (Å²) in [7, 11) is 0. The third-order valence-electron chi connectivity index (χ3n) is 4.68. The van der Waals surface area contributed by atoms with E-state index in [9.17, 15) is 24.3 Å². The summed E-state index contributed by atoms with van der Waals surface area (Å²) in [6, 6.07) is 10.7. The van der Waals surface area contributed by atoms with Crippen LogP contribution in [0.1, 0.15) is 49.5 Å². The van der Waals surface area contributed by atoms with Gasteiger partial charge in [-0.3, -0.25) is 9.59 Å². The zero-order chi connectivity index (χ0) is 25.6. The number of rotatable bonds is 7. The minimum atomic E-state index is -0.845. The van der Waals surface area contributed by atoms with Gasteiger partial charge in [-0.25, -0.2) is 9.59 Å². The Morgan fingerprint density at radius 2 is 1.69 bits per heavy atom. The molecule has 1 saturated heterocycles. The lowest BCUT2D eigenvalue weighted by Crippen LogP contribution is -2.33. The molecule has 11 heteroatoms. The average Bonchev–Trinajstić information content (AvgIpc) is 3.10. The molecular formula is C24H26N4O7. The van der Waals surface area contributed by atoms with Gasteiger partial charge in [0.1, 0.15) is 17.0 Å². The van der Waals surface area contributed by atoms with Crippen LogP contribution in [0.15, 0.2) is 52.7 Å². The molecule has 0 aromatic heterocycles. The number of aromatic hydroxyl groups is 1. The summed E-state index contributed by atoms with van der Waals surface area (Å²) in [6.45, 7) is 5.67. The van der Waals surface area contributed by atoms with Crippen LogP contribution in [0.4, 0.5) is 16.2 Å². The largest absolute Gasteiger partial charge is 0.506 e. The molecule has 0 radical (unpaired) electrons. The van der Waals surface area contributed by atoms with Gasteiger partial charge in [0, 0.05) is 19.4 Å². The standard InChI is InChI=1S/C24H26N4O7/c1-24(2,3)34-23(33)25-13-12-15-4-9-19(29)18(14-15)27-26-17-7-5-16(6-8-17)22(32)35-28-20(30)10-11-21(28)31/h4-9,14,29H,10-13H2,1-3H3,(H,25,33)/b27-26+. The fraction of sp³-hybridized carbons (Fsp3) is 0.333. The van der Waals surface area contributed by atoms with E-state index in [4.69, 9.17) is 9.57 Å². The van der Waals surface area contributed by atoms with Crippen LogP contribution in [0.2, 0.25) is 0 Å². The lowest BCUT2D eigenvalue weighted by molar-refractivity contribution is -0.172. The first-order valence-electron chi connectivity index (χ1n) is 10.9. The molecule has 2 aromatic rings. The molecule has 1 heterocycles. The number of benzene rings is 2. The van der Waals surface area contributed by atoms with Gasteiger partial charge in [-0.15, -0.1) is 10.2 Å². The van der Waals surface area contributed by atoms with Crippen LogP contribution < -0.4 is 5.32 Å². The molecule has 0 atom stereocenters. The lowest BCUT2D eigenvalue weighted by Gasteiger charge is -2.19. The summed E-state index contributed by atoms with van der Waals surface area (Å²) >= 11 is 0. The number of hydrogen-bond donors (Lipinski definition) is 2. The van der Waals surface area contributed by atoms with E-state index in [1.807, 2.05) is 0 Å². The van der Waals surface area contributed by atoms with Crippen molar-refractivity contribution < 1.29 is 33.9 Å². The van der Waals surface area contributed by atoms with E-state index < -0.39 is 29.5 Å². The molecule has 0 spiro atoms. The Morgan fingerprint density at radius 3 is 2.31 bits per heavy atom. The van der Waals surface area contributed by atoms with Crippen LogP contribution in [0.5, 0.6) is 5.75 Å². The zero-order valence-corrected chi connectivity index (χ0v) is 19.6. The molecule has 3 amide bonds. The van der Waals surface area contributed by atoms with Crippen molar-refractivity contribution in [2.45, 2.75) is 45.6 Å². The van der Waals surface area contributed by atoms with Gasteiger partial charge in [-0.05, 0) is 69.2 Å². The lowest BCUT2D eigenvalue weighted by atomic mass is 10.1. The highest BCUT2D eigenvalue weighted by molar-refractivity contribution is 6.02. The van der Waals surface area contributed by atoms with Gasteiger partial charge in [0.05, 0.1) is 11.3 Å². The molecule has 0 saturated carbocycles. The predicted molar refractivity (Wildman–Crippen MR) is 123 cm³/mol. The van der Waals surface area contributed by atoms with Crippen molar-refractivity contribution in [3.8, 4) is 5.75 Å². The quantitative estimate of drug-likeness (QED) is 0.446. The Kier molecular flexibility index (Phi) is 7.80. The summed E-state index contributed by atoms with van der Waals surface area (Å²) < 4.78 is 5.19. The maximum atomic E-state index is 12.2. The first-order valence-corrected chi connectivity index (χ1v) is 10.9. The van der Waals surface area contributed by atoms with E-state index in [2.05, 4.69) is 15.5 Å². The third-order valence-corrected chi connectivity index (χ3v) is 4.68. The second-order valence-corrected chi connectivity index (χ2v) is 8.71. The molecule has 1 aliphatic heterocycles. The smallest absolute Gasteiger partial charge is 0.407 e. The fourth-order valence-electron chi connectivity index (χ4n) is 3.00. The third kappa shape index (κ3) is 7.36.